The van der Waals surface area contributed by atoms with E-state index < -0.39 is 15.1 Å². The van der Waals surface area contributed by atoms with Gasteiger partial charge in [0.25, 0.3) is 5.91 Å². The van der Waals surface area contributed by atoms with Gasteiger partial charge in [0.05, 0.1) is 17.6 Å². The molecule has 2 aliphatic rings. The number of hydrogen-bond acceptors (Lipinski definition) is 6. The Morgan fingerprint density at radius 1 is 0.969 bits per heavy atom. The summed E-state index contributed by atoms with van der Waals surface area (Å²) in [7, 11) is -3.27. The Hall–Kier alpha value is -2.84. The average molecular weight is 456 g/mol. The van der Waals surface area contributed by atoms with Gasteiger partial charge in [-0.25, -0.2) is 8.42 Å². The van der Waals surface area contributed by atoms with E-state index in [1.165, 1.54) is 12.1 Å². The van der Waals surface area contributed by atoms with E-state index in [0.717, 1.165) is 0 Å². The minimum Gasteiger partial charge on any atom is -0.381 e. The molecule has 0 radical (unpaired) electrons. The molecule has 1 heterocycles. The van der Waals surface area contributed by atoms with Crippen LogP contribution >= 0.6 is 0 Å². The molecule has 1 saturated heterocycles. The van der Waals surface area contributed by atoms with Gasteiger partial charge in [-0.1, -0.05) is 24.3 Å². The SMILES string of the molecule is CCOCCS(=O)(=O)C1CCN(C(=O)c2ccc3c(c2)C(=O)c2ccccc2C3=O)CC1. The van der Waals surface area contributed by atoms with E-state index in [0.29, 0.717) is 54.8 Å². The van der Waals surface area contributed by atoms with Crippen LogP contribution in [-0.2, 0) is 14.6 Å². The standard InChI is InChI=1S/C24H25NO6S/c1-2-31-13-14-32(29,30)17-9-11-25(12-10-17)24(28)16-7-8-20-21(15-16)23(27)19-6-4-3-5-18(19)22(20)26/h3-8,15,17H,2,9-14H2,1H3. The summed E-state index contributed by atoms with van der Waals surface area (Å²) >= 11 is 0. The van der Waals surface area contributed by atoms with E-state index in [2.05, 4.69) is 0 Å². The number of amides is 1. The first-order chi connectivity index (χ1) is 15.3. The lowest BCUT2D eigenvalue weighted by molar-refractivity contribution is 0.0725. The number of carbonyl (C=O) groups excluding carboxylic acids is 3. The van der Waals surface area contributed by atoms with Gasteiger partial charge in [0, 0.05) is 47.5 Å². The first-order valence-corrected chi connectivity index (χ1v) is 12.5. The zero-order valence-electron chi connectivity index (χ0n) is 17.9. The van der Waals surface area contributed by atoms with Crippen molar-refractivity contribution < 1.29 is 27.5 Å². The van der Waals surface area contributed by atoms with Crippen LogP contribution in [0.3, 0.4) is 0 Å². The highest BCUT2D eigenvalue weighted by Crippen LogP contribution is 2.29. The van der Waals surface area contributed by atoms with Crippen molar-refractivity contribution in [1.29, 1.82) is 0 Å². The van der Waals surface area contributed by atoms with Crippen LogP contribution in [0, 0.1) is 0 Å². The van der Waals surface area contributed by atoms with E-state index in [-0.39, 0.29) is 35.4 Å². The summed E-state index contributed by atoms with van der Waals surface area (Å²) in [5, 5.41) is -0.480. The van der Waals surface area contributed by atoms with E-state index in [9.17, 15) is 22.8 Å². The molecule has 0 N–H and O–H groups in total. The number of nitrogens with zero attached hydrogens (tertiary/aromatic N) is 1. The zero-order chi connectivity index (χ0) is 22.9. The number of likely N-dealkylation sites (tertiary alicyclic amines) is 1. The van der Waals surface area contributed by atoms with Gasteiger partial charge in [0.1, 0.15) is 0 Å². The average Bonchev–Trinajstić information content (AvgIpc) is 2.82. The molecule has 168 valence electrons. The van der Waals surface area contributed by atoms with Crippen LogP contribution < -0.4 is 0 Å². The third-order valence-corrected chi connectivity index (χ3v) is 8.35. The van der Waals surface area contributed by atoms with Crippen molar-refractivity contribution in [3.8, 4) is 0 Å². The van der Waals surface area contributed by atoms with Gasteiger partial charge < -0.3 is 9.64 Å². The highest BCUT2D eigenvalue weighted by Gasteiger charge is 2.33. The highest BCUT2D eigenvalue weighted by atomic mass is 32.2. The lowest BCUT2D eigenvalue weighted by Gasteiger charge is -2.32. The molecule has 8 heteroatoms. The lowest BCUT2D eigenvalue weighted by Crippen LogP contribution is -2.43. The van der Waals surface area contributed by atoms with Crippen LogP contribution in [-0.4, -0.2) is 68.1 Å². The molecule has 0 aromatic heterocycles. The maximum Gasteiger partial charge on any atom is 0.253 e. The Labute approximate surface area is 187 Å². The minimum absolute atomic E-state index is 0.0120. The molecule has 0 bridgehead atoms. The van der Waals surface area contributed by atoms with Crippen molar-refractivity contribution in [2.75, 3.05) is 32.1 Å². The summed E-state index contributed by atoms with van der Waals surface area (Å²) in [4.78, 5) is 40.3. The van der Waals surface area contributed by atoms with Crippen LogP contribution in [0.25, 0.3) is 0 Å². The number of carbonyl (C=O) groups is 3. The fourth-order valence-electron chi connectivity index (χ4n) is 4.32. The van der Waals surface area contributed by atoms with Crippen LogP contribution in [0.4, 0.5) is 0 Å². The van der Waals surface area contributed by atoms with Crippen molar-refractivity contribution >= 4 is 27.3 Å². The van der Waals surface area contributed by atoms with Gasteiger partial charge in [-0.3, -0.25) is 14.4 Å². The summed E-state index contributed by atoms with van der Waals surface area (Å²) in [6.07, 6.45) is 0.742. The number of benzene rings is 2. The second-order valence-corrected chi connectivity index (χ2v) is 10.4. The lowest BCUT2D eigenvalue weighted by atomic mass is 9.83. The quantitative estimate of drug-likeness (QED) is 0.530. The van der Waals surface area contributed by atoms with E-state index in [1.807, 2.05) is 6.92 Å². The molecule has 0 atom stereocenters. The number of ketones is 2. The van der Waals surface area contributed by atoms with E-state index in [1.54, 1.807) is 35.2 Å². The molecule has 4 rings (SSSR count). The molecule has 0 spiro atoms. The van der Waals surface area contributed by atoms with Crippen LogP contribution in [0.15, 0.2) is 42.5 Å². The summed E-state index contributed by atoms with van der Waals surface area (Å²) in [6.45, 7) is 3.12. The van der Waals surface area contributed by atoms with Gasteiger partial charge in [0.2, 0.25) is 0 Å². The molecule has 0 unspecified atom stereocenters. The van der Waals surface area contributed by atoms with Crippen LogP contribution in [0.1, 0.15) is 62.0 Å². The molecule has 2 aromatic rings. The highest BCUT2D eigenvalue weighted by molar-refractivity contribution is 7.92. The van der Waals surface area contributed by atoms with Gasteiger partial charge in [-0.05, 0) is 38.0 Å². The number of piperidine rings is 1. The van der Waals surface area contributed by atoms with E-state index in [4.69, 9.17) is 4.74 Å². The van der Waals surface area contributed by atoms with E-state index >= 15 is 0 Å². The van der Waals surface area contributed by atoms with Crippen molar-refractivity contribution in [2.24, 2.45) is 0 Å². The minimum atomic E-state index is -3.27. The van der Waals surface area contributed by atoms with Gasteiger partial charge in [0.15, 0.2) is 21.4 Å². The van der Waals surface area contributed by atoms with Crippen LogP contribution in [0.5, 0.6) is 0 Å². The fourth-order valence-corrected chi connectivity index (χ4v) is 5.93. The van der Waals surface area contributed by atoms with Crippen LogP contribution in [0.2, 0.25) is 0 Å². The normalized spacial score (nSPS) is 16.6. The molecule has 1 aliphatic carbocycles. The smallest absolute Gasteiger partial charge is 0.253 e. The van der Waals surface area contributed by atoms with Crippen molar-refractivity contribution in [3.05, 3.63) is 70.3 Å². The number of ether oxygens (including phenoxy) is 1. The molecule has 7 nitrogen and oxygen atoms in total. The van der Waals surface area contributed by atoms with Crippen molar-refractivity contribution in [1.82, 2.24) is 4.90 Å². The molecule has 1 amide bonds. The maximum absolute atomic E-state index is 13.0. The van der Waals surface area contributed by atoms with Gasteiger partial charge >= 0.3 is 0 Å². The monoisotopic (exact) mass is 455 g/mol. The molecule has 32 heavy (non-hydrogen) atoms. The predicted octanol–water partition coefficient (Wildman–Crippen LogP) is 2.52. The Kier molecular flexibility index (Phi) is 6.26. The summed E-state index contributed by atoms with van der Waals surface area (Å²) < 4.78 is 30.1. The third kappa shape index (κ3) is 4.12. The molecule has 1 aliphatic heterocycles. The van der Waals surface area contributed by atoms with Gasteiger partial charge in [-0.2, -0.15) is 0 Å². The molecular weight excluding hydrogens is 430 g/mol. The summed E-state index contributed by atoms with van der Waals surface area (Å²) in [5.74, 6) is -0.782. The zero-order valence-corrected chi connectivity index (χ0v) is 18.7. The van der Waals surface area contributed by atoms with Crippen molar-refractivity contribution in [3.63, 3.8) is 0 Å². The maximum atomic E-state index is 13.0. The molecule has 0 saturated carbocycles. The van der Waals surface area contributed by atoms with Crippen molar-refractivity contribution in [2.45, 2.75) is 25.0 Å². The Morgan fingerprint density at radius 3 is 2.19 bits per heavy atom. The first kappa shape index (κ1) is 22.4. The molecule has 2 aromatic carbocycles. The first-order valence-electron chi connectivity index (χ1n) is 10.7. The number of hydrogen-bond donors (Lipinski definition) is 0. The second kappa shape index (κ2) is 8.96. The number of fused-ring (bicyclic) bond motifs is 2. The second-order valence-electron chi connectivity index (χ2n) is 8.02. The Balaban J connectivity index is 1.48. The predicted molar refractivity (Wildman–Crippen MR) is 119 cm³/mol. The Morgan fingerprint density at radius 2 is 1.56 bits per heavy atom. The topological polar surface area (TPSA) is 97.8 Å². The Bertz CT molecular complexity index is 1180. The van der Waals surface area contributed by atoms with Gasteiger partial charge in [-0.15, -0.1) is 0 Å². The molecule has 1 fully saturated rings. The third-order valence-electron chi connectivity index (χ3n) is 6.13. The molecular formula is C24H25NO6S. The largest absolute Gasteiger partial charge is 0.381 e. The fraction of sp³-hybridized carbons (Fsp3) is 0.375. The summed E-state index contributed by atoms with van der Waals surface area (Å²) in [6, 6.07) is 11.2. The number of sulfone groups is 1. The number of rotatable bonds is 6. The summed E-state index contributed by atoms with van der Waals surface area (Å²) in [5.41, 5.74) is 1.56.